The molecule has 3 aliphatic carbocycles. The van der Waals surface area contributed by atoms with Crippen LogP contribution in [-0.2, 0) is 20.7 Å². The summed E-state index contributed by atoms with van der Waals surface area (Å²) in [4.78, 5) is 26.0. The number of hydrogen-bond donors (Lipinski definition) is 0. The number of benzene rings is 1. The summed E-state index contributed by atoms with van der Waals surface area (Å²) in [6.07, 6.45) is 21.2. The van der Waals surface area contributed by atoms with Crippen LogP contribution in [-0.4, -0.2) is 30.4 Å². The van der Waals surface area contributed by atoms with E-state index in [4.69, 9.17) is 4.74 Å². The van der Waals surface area contributed by atoms with Gasteiger partial charge in [0.05, 0.1) is 0 Å². The van der Waals surface area contributed by atoms with Gasteiger partial charge in [-0.3, -0.25) is 9.59 Å². The average molecular weight is 564 g/mol. The topological polar surface area (TPSA) is 46.6 Å². The van der Waals surface area contributed by atoms with Crippen LogP contribution in [0.4, 0.5) is 0 Å². The van der Waals surface area contributed by atoms with E-state index < -0.39 is 0 Å². The molecular formula is C37H57NO3. The van der Waals surface area contributed by atoms with Gasteiger partial charge in [-0.2, -0.15) is 0 Å². The third-order valence-electron chi connectivity index (χ3n) is 10.8. The van der Waals surface area contributed by atoms with E-state index in [2.05, 4.69) is 45.0 Å². The van der Waals surface area contributed by atoms with Gasteiger partial charge in [-0.1, -0.05) is 89.0 Å². The quantitative estimate of drug-likeness (QED) is 0.158. The Labute approximate surface area is 250 Å². The van der Waals surface area contributed by atoms with Crippen molar-refractivity contribution in [2.24, 2.45) is 23.2 Å². The van der Waals surface area contributed by atoms with Gasteiger partial charge in [-0.05, 0) is 92.7 Å². The molecule has 1 saturated carbocycles. The van der Waals surface area contributed by atoms with E-state index >= 15 is 0 Å². The number of amides is 1. The lowest BCUT2D eigenvalue weighted by atomic mass is 9.52. The molecule has 4 heteroatoms. The van der Waals surface area contributed by atoms with E-state index in [9.17, 15) is 9.59 Å². The van der Waals surface area contributed by atoms with Crippen molar-refractivity contribution in [2.45, 2.75) is 136 Å². The number of fused-ring (bicyclic) bond motifs is 5. The smallest absolute Gasteiger partial charge is 0.307 e. The Hall–Kier alpha value is -2.10. The normalized spacial score (nSPS) is 26.5. The Bertz CT molecular complexity index is 1060. The van der Waals surface area contributed by atoms with Gasteiger partial charge in [0.25, 0.3) is 0 Å². The van der Waals surface area contributed by atoms with Gasteiger partial charge in [-0.15, -0.1) is 0 Å². The van der Waals surface area contributed by atoms with Crippen molar-refractivity contribution in [1.82, 2.24) is 4.90 Å². The molecule has 0 saturated heterocycles. The van der Waals surface area contributed by atoms with Crippen molar-refractivity contribution in [3.63, 3.8) is 0 Å². The van der Waals surface area contributed by atoms with Gasteiger partial charge in [0.1, 0.15) is 5.76 Å². The number of rotatable bonds is 15. The number of hydrogen-bond acceptors (Lipinski definition) is 3. The van der Waals surface area contributed by atoms with Crippen LogP contribution < -0.4 is 0 Å². The number of ether oxygens (including phenoxy) is 1. The van der Waals surface area contributed by atoms with Crippen molar-refractivity contribution in [3.05, 3.63) is 46.7 Å². The number of nitrogens with zero attached hydrogens (tertiary/aromatic N) is 1. The molecular weight excluding hydrogens is 506 g/mol. The third kappa shape index (κ3) is 7.85. The van der Waals surface area contributed by atoms with Gasteiger partial charge in [-0.25, -0.2) is 0 Å². The lowest BCUT2D eigenvalue weighted by Gasteiger charge is -2.53. The Kier molecular flexibility index (Phi) is 11.5. The summed E-state index contributed by atoms with van der Waals surface area (Å²) in [5, 5.41) is 0. The maximum absolute atomic E-state index is 12.2. The summed E-state index contributed by atoms with van der Waals surface area (Å²) in [6.45, 7) is 9.22. The van der Waals surface area contributed by atoms with Gasteiger partial charge < -0.3 is 9.64 Å². The van der Waals surface area contributed by atoms with Crippen LogP contribution in [0.5, 0.6) is 0 Å². The standard InChI is InChI=1S/C37H57NO3/c1-6-7-24-38(5)35(40)17-15-13-11-9-8-10-12-14-16-29-26-30-25-27(2)18-19-31(30)32-22-23-37(4)33(36(29)32)20-21-34(37)41-28(3)39/h18-19,21,25,29,32-33,36H,6-17,20,22-24,26H2,1-5H3/t29-,32?,33?,36?,37+/m1/s1. The SMILES string of the molecule is CCCCN(C)C(=O)CCCCCCCCCC[C@@H]1Cc2cc(C)ccc2C2CC[C@]3(C)C(OC(C)=O)=CCC3C21. The van der Waals surface area contributed by atoms with Crippen LogP contribution in [0.15, 0.2) is 30.0 Å². The predicted octanol–water partition coefficient (Wildman–Crippen LogP) is 9.29. The first-order valence-electron chi connectivity index (χ1n) is 17.0. The molecule has 228 valence electrons. The molecule has 0 heterocycles. The fourth-order valence-electron chi connectivity index (χ4n) is 8.50. The first-order chi connectivity index (χ1) is 19.7. The lowest BCUT2D eigenvalue weighted by Crippen LogP contribution is -2.45. The molecule has 0 aliphatic heterocycles. The highest BCUT2D eigenvalue weighted by molar-refractivity contribution is 5.75. The molecule has 4 nitrogen and oxygen atoms in total. The molecule has 1 amide bonds. The number of carbonyl (C=O) groups is 2. The molecule has 3 unspecified atom stereocenters. The van der Waals surface area contributed by atoms with E-state index in [0.29, 0.717) is 30.1 Å². The second kappa shape index (κ2) is 14.9. The van der Waals surface area contributed by atoms with Crippen LogP contribution in [0.3, 0.4) is 0 Å². The molecule has 5 atom stereocenters. The molecule has 0 radical (unpaired) electrons. The minimum Gasteiger partial charge on any atom is -0.431 e. The van der Waals surface area contributed by atoms with Crippen molar-refractivity contribution >= 4 is 11.9 Å². The lowest BCUT2D eigenvalue weighted by molar-refractivity contribution is -0.139. The van der Waals surface area contributed by atoms with Crippen LogP contribution in [0.2, 0.25) is 0 Å². The van der Waals surface area contributed by atoms with Crippen LogP contribution in [0.1, 0.15) is 140 Å². The molecule has 0 N–H and O–H groups in total. The maximum atomic E-state index is 12.2. The fraction of sp³-hybridized carbons (Fsp3) is 0.730. The monoisotopic (exact) mass is 563 g/mol. The van der Waals surface area contributed by atoms with E-state index in [0.717, 1.165) is 50.3 Å². The highest BCUT2D eigenvalue weighted by Crippen LogP contribution is 2.63. The zero-order valence-electron chi connectivity index (χ0n) is 26.8. The largest absolute Gasteiger partial charge is 0.431 e. The molecule has 41 heavy (non-hydrogen) atoms. The molecule has 0 spiro atoms. The summed E-state index contributed by atoms with van der Waals surface area (Å²) >= 11 is 0. The minimum atomic E-state index is -0.176. The Morgan fingerprint density at radius 1 is 1.02 bits per heavy atom. The fourth-order valence-corrected chi connectivity index (χ4v) is 8.50. The number of aryl methyl sites for hydroxylation is 1. The van der Waals surface area contributed by atoms with Crippen LogP contribution in [0.25, 0.3) is 0 Å². The Balaban J connectivity index is 1.23. The third-order valence-corrected chi connectivity index (χ3v) is 10.8. The summed E-state index contributed by atoms with van der Waals surface area (Å²) < 4.78 is 5.78. The van der Waals surface area contributed by atoms with E-state index in [1.54, 1.807) is 18.1 Å². The van der Waals surface area contributed by atoms with Crippen molar-refractivity contribution in [3.8, 4) is 0 Å². The molecule has 1 aromatic rings. The predicted molar refractivity (Wildman–Crippen MR) is 169 cm³/mol. The van der Waals surface area contributed by atoms with Crippen molar-refractivity contribution < 1.29 is 14.3 Å². The Morgan fingerprint density at radius 3 is 2.44 bits per heavy atom. The van der Waals surface area contributed by atoms with Gasteiger partial charge in [0.2, 0.25) is 5.91 Å². The average Bonchev–Trinajstić information content (AvgIpc) is 3.27. The van der Waals surface area contributed by atoms with Crippen LogP contribution in [0, 0.1) is 30.1 Å². The zero-order valence-corrected chi connectivity index (χ0v) is 26.8. The Morgan fingerprint density at radius 2 is 1.73 bits per heavy atom. The maximum Gasteiger partial charge on any atom is 0.307 e. The summed E-state index contributed by atoms with van der Waals surface area (Å²) in [6, 6.07) is 7.20. The van der Waals surface area contributed by atoms with Gasteiger partial charge in [0.15, 0.2) is 0 Å². The van der Waals surface area contributed by atoms with Crippen molar-refractivity contribution in [1.29, 1.82) is 0 Å². The number of unbranched alkanes of at least 4 members (excludes halogenated alkanes) is 8. The molecule has 3 aliphatic rings. The molecule has 0 aromatic heterocycles. The van der Waals surface area contributed by atoms with Gasteiger partial charge in [0, 0.05) is 32.4 Å². The molecule has 4 rings (SSSR count). The zero-order chi connectivity index (χ0) is 29.4. The summed E-state index contributed by atoms with van der Waals surface area (Å²) in [5.74, 6) is 3.71. The number of allylic oxidation sites excluding steroid dienone is 2. The van der Waals surface area contributed by atoms with E-state index in [1.807, 2.05) is 11.9 Å². The first-order valence-corrected chi connectivity index (χ1v) is 17.0. The van der Waals surface area contributed by atoms with Gasteiger partial charge >= 0.3 is 5.97 Å². The van der Waals surface area contributed by atoms with Crippen molar-refractivity contribution in [2.75, 3.05) is 13.6 Å². The first kappa shape index (κ1) is 31.8. The summed E-state index contributed by atoms with van der Waals surface area (Å²) in [5.41, 5.74) is 4.59. The van der Waals surface area contributed by atoms with Crippen LogP contribution >= 0.6 is 0 Å². The molecule has 0 bridgehead atoms. The minimum absolute atomic E-state index is 0.00280. The van der Waals surface area contributed by atoms with E-state index in [-0.39, 0.29) is 11.4 Å². The highest BCUT2D eigenvalue weighted by Gasteiger charge is 2.55. The summed E-state index contributed by atoms with van der Waals surface area (Å²) in [7, 11) is 1.95. The molecule has 1 fully saturated rings. The number of carbonyl (C=O) groups excluding carboxylic acids is 2. The van der Waals surface area contributed by atoms with E-state index in [1.165, 1.54) is 69.8 Å². The number of esters is 1. The second-order valence-corrected chi connectivity index (χ2v) is 13.8. The highest BCUT2D eigenvalue weighted by atomic mass is 16.5. The molecule has 1 aromatic carbocycles. The second-order valence-electron chi connectivity index (χ2n) is 13.8.